The van der Waals surface area contributed by atoms with Crippen LogP contribution in [0.1, 0.15) is 35.6 Å². The molecule has 3 aromatic rings. The average Bonchev–Trinajstić information content (AvgIpc) is 3.15. The SMILES string of the molecule is C[C@@]1(Cc2ccc(Cl)cc2)Cc2cc(CCC(=O)N(CC(=O)O)Cc3ccc(Br)cc3F)ccc2O1. The van der Waals surface area contributed by atoms with Crippen molar-refractivity contribution in [3.63, 3.8) is 0 Å². The summed E-state index contributed by atoms with van der Waals surface area (Å²) in [7, 11) is 0. The summed E-state index contributed by atoms with van der Waals surface area (Å²) in [6.07, 6.45) is 2.04. The van der Waals surface area contributed by atoms with Crippen molar-refractivity contribution in [1.82, 2.24) is 4.90 Å². The molecule has 36 heavy (non-hydrogen) atoms. The lowest BCUT2D eigenvalue weighted by atomic mass is 9.91. The highest BCUT2D eigenvalue weighted by Gasteiger charge is 2.35. The van der Waals surface area contributed by atoms with Gasteiger partial charge in [-0.25, -0.2) is 4.39 Å². The molecule has 8 heteroatoms. The Labute approximate surface area is 223 Å². The number of hydrogen-bond donors (Lipinski definition) is 1. The number of nitrogens with zero attached hydrogens (tertiary/aromatic N) is 1. The Morgan fingerprint density at radius 2 is 1.83 bits per heavy atom. The first-order chi connectivity index (χ1) is 17.1. The molecule has 0 saturated heterocycles. The van der Waals surface area contributed by atoms with E-state index in [0.717, 1.165) is 35.3 Å². The smallest absolute Gasteiger partial charge is 0.323 e. The van der Waals surface area contributed by atoms with Gasteiger partial charge in [0.2, 0.25) is 5.91 Å². The molecule has 0 spiro atoms. The molecule has 188 valence electrons. The predicted octanol–water partition coefficient (Wildman–Crippen LogP) is 6.22. The fraction of sp³-hybridized carbons (Fsp3) is 0.286. The van der Waals surface area contributed by atoms with Gasteiger partial charge in [0.05, 0.1) is 0 Å². The van der Waals surface area contributed by atoms with E-state index >= 15 is 0 Å². The Balaban J connectivity index is 1.39. The van der Waals surface area contributed by atoms with Crippen molar-refractivity contribution in [2.24, 2.45) is 0 Å². The highest BCUT2D eigenvalue weighted by molar-refractivity contribution is 9.10. The number of carbonyl (C=O) groups is 2. The largest absolute Gasteiger partial charge is 0.487 e. The Morgan fingerprint density at radius 3 is 2.53 bits per heavy atom. The molecule has 1 heterocycles. The van der Waals surface area contributed by atoms with Crippen LogP contribution in [-0.4, -0.2) is 34.0 Å². The second kappa shape index (κ2) is 11.0. The second-order valence-electron chi connectivity index (χ2n) is 9.35. The lowest BCUT2D eigenvalue weighted by Gasteiger charge is -2.24. The normalized spacial score (nSPS) is 16.3. The third kappa shape index (κ3) is 6.65. The van der Waals surface area contributed by atoms with Gasteiger partial charge in [-0.3, -0.25) is 9.59 Å². The molecule has 0 fully saturated rings. The summed E-state index contributed by atoms with van der Waals surface area (Å²) < 4.78 is 21.1. The van der Waals surface area contributed by atoms with Crippen LogP contribution >= 0.6 is 27.5 Å². The van der Waals surface area contributed by atoms with Crippen LogP contribution < -0.4 is 4.74 Å². The summed E-state index contributed by atoms with van der Waals surface area (Å²) in [5.74, 6) is -1.15. The molecule has 1 aliphatic heterocycles. The number of aliphatic carboxylic acids is 1. The topological polar surface area (TPSA) is 66.8 Å². The summed E-state index contributed by atoms with van der Waals surface area (Å²) in [6.45, 7) is 1.48. The number of aryl methyl sites for hydroxylation is 1. The van der Waals surface area contributed by atoms with Gasteiger partial charge in [-0.15, -0.1) is 0 Å². The van der Waals surface area contributed by atoms with E-state index in [-0.39, 0.29) is 30.0 Å². The summed E-state index contributed by atoms with van der Waals surface area (Å²) in [5.41, 5.74) is 3.07. The van der Waals surface area contributed by atoms with Crippen molar-refractivity contribution in [2.45, 2.75) is 44.8 Å². The lowest BCUT2D eigenvalue weighted by Crippen LogP contribution is -2.35. The van der Waals surface area contributed by atoms with Gasteiger partial charge >= 0.3 is 5.97 Å². The van der Waals surface area contributed by atoms with Crippen molar-refractivity contribution in [2.75, 3.05) is 6.54 Å². The third-order valence-electron chi connectivity index (χ3n) is 6.22. The van der Waals surface area contributed by atoms with Crippen molar-refractivity contribution < 1.29 is 23.8 Å². The lowest BCUT2D eigenvalue weighted by molar-refractivity contribution is -0.144. The van der Waals surface area contributed by atoms with Crippen molar-refractivity contribution in [3.05, 3.63) is 98.2 Å². The molecular weight excluding hydrogens is 549 g/mol. The Hall–Kier alpha value is -2.90. The van der Waals surface area contributed by atoms with Gasteiger partial charge in [0.25, 0.3) is 0 Å². The standard InChI is InChI=1S/C28H26BrClFNO4/c1-28(14-19-2-8-23(30)9-3-19)15-21-12-18(4-10-25(21)36-28)5-11-26(33)32(17-27(34)35)16-20-6-7-22(29)13-24(20)31/h2-4,6-10,12-13H,5,11,14-17H2,1H3,(H,34,35)/t28-/m1/s1. The monoisotopic (exact) mass is 573 g/mol. The number of carboxylic acid groups (broad SMARTS) is 1. The van der Waals surface area contributed by atoms with Gasteiger partial charge in [0, 0.05) is 40.9 Å². The minimum Gasteiger partial charge on any atom is -0.487 e. The van der Waals surface area contributed by atoms with Crippen molar-refractivity contribution >= 4 is 39.4 Å². The molecule has 0 aromatic heterocycles. The zero-order valence-electron chi connectivity index (χ0n) is 19.8. The van der Waals surface area contributed by atoms with Gasteiger partial charge in [-0.05, 0) is 60.4 Å². The summed E-state index contributed by atoms with van der Waals surface area (Å²) in [5, 5.41) is 9.96. The summed E-state index contributed by atoms with van der Waals surface area (Å²) in [6, 6.07) is 18.1. The third-order valence-corrected chi connectivity index (χ3v) is 6.96. The Morgan fingerprint density at radius 1 is 1.11 bits per heavy atom. The molecule has 0 unspecified atom stereocenters. The van der Waals surface area contributed by atoms with Crippen LogP contribution in [0, 0.1) is 5.82 Å². The number of ether oxygens (including phenoxy) is 1. The van der Waals surface area contributed by atoms with Crippen molar-refractivity contribution in [1.29, 1.82) is 0 Å². The molecule has 0 aliphatic carbocycles. The fourth-order valence-corrected chi connectivity index (χ4v) is 4.98. The number of amides is 1. The Kier molecular flexibility index (Phi) is 8.00. The highest BCUT2D eigenvalue weighted by atomic mass is 79.9. The average molecular weight is 575 g/mol. The van der Waals surface area contributed by atoms with Crippen LogP contribution in [0.4, 0.5) is 4.39 Å². The van der Waals surface area contributed by atoms with E-state index in [2.05, 4.69) is 22.9 Å². The molecule has 1 amide bonds. The number of halogens is 3. The predicted molar refractivity (Wildman–Crippen MR) is 140 cm³/mol. The van der Waals surface area contributed by atoms with E-state index in [9.17, 15) is 19.1 Å². The fourth-order valence-electron chi connectivity index (χ4n) is 4.52. The van der Waals surface area contributed by atoms with Gasteiger partial charge in [0.15, 0.2) is 0 Å². The molecule has 0 radical (unpaired) electrons. The van der Waals surface area contributed by atoms with Gasteiger partial charge < -0.3 is 14.7 Å². The molecule has 0 bridgehead atoms. The minimum atomic E-state index is -1.14. The molecule has 3 aromatic carbocycles. The number of carbonyl (C=O) groups excluding carboxylic acids is 1. The first-order valence-corrected chi connectivity index (χ1v) is 12.8. The first-order valence-electron chi connectivity index (χ1n) is 11.6. The van der Waals surface area contributed by atoms with Crippen LogP contribution in [0.15, 0.2) is 65.1 Å². The molecule has 5 nitrogen and oxygen atoms in total. The van der Waals surface area contributed by atoms with E-state index in [0.29, 0.717) is 15.9 Å². The maximum absolute atomic E-state index is 14.3. The van der Waals surface area contributed by atoms with Crippen LogP contribution in [-0.2, 0) is 35.4 Å². The minimum absolute atomic E-state index is 0.106. The van der Waals surface area contributed by atoms with Crippen LogP contribution in [0.3, 0.4) is 0 Å². The van der Waals surface area contributed by atoms with E-state index in [1.165, 1.54) is 11.0 Å². The van der Waals surface area contributed by atoms with Crippen molar-refractivity contribution in [3.8, 4) is 5.75 Å². The number of rotatable bonds is 9. The van der Waals surface area contributed by atoms with E-state index in [1.807, 2.05) is 42.5 Å². The van der Waals surface area contributed by atoms with Gasteiger partial charge in [-0.1, -0.05) is 57.9 Å². The second-order valence-corrected chi connectivity index (χ2v) is 10.7. The summed E-state index contributed by atoms with van der Waals surface area (Å²) >= 11 is 9.20. The maximum atomic E-state index is 14.3. The molecular formula is C28H26BrClFNO4. The zero-order valence-corrected chi connectivity index (χ0v) is 22.1. The molecule has 0 saturated carbocycles. The van der Waals surface area contributed by atoms with E-state index < -0.39 is 18.3 Å². The quantitative estimate of drug-likeness (QED) is 0.329. The van der Waals surface area contributed by atoms with E-state index in [4.69, 9.17) is 16.3 Å². The highest BCUT2D eigenvalue weighted by Crippen LogP contribution is 2.37. The number of carboxylic acids is 1. The van der Waals surface area contributed by atoms with Gasteiger partial charge in [0.1, 0.15) is 23.7 Å². The molecule has 1 N–H and O–H groups in total. The van der Waals surface area contributed by atoms with Crippen LogP contribution in [0.25, 0.3) is 0 Å². The van der Waals surface area contributed by atoms with E-state index in [1.54, 1.807) is 12.1 Å². The number of fused-ring (bicyclic) bond motifs is 1. The number of benzene rings is 3. The maximum Gasteiger partial charge on any atom is 0.323 e. The molecule has 4 rings (SSSR count). The van der Waals surface area contributed by atoms with Gasteiger partial charge in [-0.2, -0.15) is 0 Å². The number of hydrogen-bond acceptors (Lipinski definition) is 3. The molecule has 1 aliphatic rings. The van der Waals surface area contributed by atoms with Crippen LogP contribution in [0.2, 0.25) is 5.02 Å². The Bertz CT molecular complexity index is 1280. The zero-order chi connectivity index (χ0) is 25.9. The first kappa shape index (κ1) is 26.2. The summed E-state index contributed by atoms with van der Waals surface area (Å²) in [4.78, 5) is 25.4. The van der Waals surface area contributed by atoms with Crippen LogP contribution in [0.5, 0.6) is 5.75 Å². The molecule has 1 atom stereocenters.